The third-order valence-electron chi connectivity index (χ3n) is 2.41. The highest BCUT2D eigenvalue weighted by molar-refractivity contribution is 5.80. The van der Waals surface area contributed by atoms with Crippen molar-refractivity contribution in [3.63, 3.8) is 0 Å². The first kappa shape index (κ1) is 10.5. The molecule has 2 N–H and O–H groups in total. The SMILES string of the molecule is CCN(CCCO)C(=O)C1CNC1. The minimum Gasteiger partial charge on any atom is -0.396 e. The predicted molar refractivity (Wildman–Crippen MR) is 50.3 cm³/mol. The fourth-order valence-corrected chi connectivity index (χ4v) is 1.41. The summed E-state index contributed by atoms with van der Waals surface area (Å²) >= 11 is 0. The molecule has 0 aromatic carbocycles. The largest absolute Gasteiger partial charge is 0.396 e. The fraction of sp³-hybridized carbons (Fsp3) is 0.889. The molecule has 0 spiro atoms. The highest BCUT2D eigenvalue weighted by Gasteiger charge is 2.27. The molecule has 1 saturated heterocycles. The van der Waals surface area contributed by atoms with E-state index in [1.54, 1.807) is 0 Å². The molecule has 76 valence electrons. The zero-order valence-electron chi connectivity index (χ0n) is 8.12. The maximum atomic E-state index is 11.7. The first-order valence-corrected chi connectivity index (χ1v) is 4.90. The number of nitrogens with zero attached hydrogens (tertiary/aromatic N) is 1. The van der Waals surface area contributed by atoms with Crippen LogP contribution in [-0.2, 0) is 4.79 Å². The second-order valence-electron chi connectivity index (χ2n) is 3.35. The Balaban J connectivity index is 2.30. The maximum Gasteiger partial charge on any atom is 0.228 e. The Bertz CT molecular complexity index is 169. The van der Waals surface area contributed by atoms with Crippen molar-refractivity contribution >= 4 is 5.91 Å². The number of rotatable bonds is 5. The quantitative estimate of drug-likeness (QED) is 0.605. The second-order valence-corrected chi connectivity index (χ2v) is 3.35. The summed E-state index contributed by atoms with van der Waals surface area (Å²) < 4.78 is 0. The summed E-state index contributed by atoms with van der Waals surface area (Å²) in [7, 11) is 0. The number of hydrogen-bond acceptors (Lipinski definition) is 3. The third-order valence-corrected chi connectivity index (χ3v) is 2.41. The van der Waals surface area contributed by atoms with Gasteiger partial charge in [-0.05, 0) is 13.3 Å². The Morgan fingerprint density at radius 1 is 1.62 bits per heavy atom. The van der Waals surface area contributed by atoms with Crippen LogP contribution >= 0.6 is 0 Å². The Morgan fingerprint density at radius 3 is 2.69 bits per heavy atom. The Morgan fingerprint density at radius 2 is 2.31 bits per heavy atom. The van der Waals surface area contributed by atoms with Crippen LogP contribution in [0.4, 0.5) is 0 Å². The van der Waals surface area contributed by atoms with Gasteiger partial charge < -0.3 is 15.3 Å². The van der Waals surface area contributed by atoms with Crippen molar-refractivity contribution in [2.45, 2.75) is 13.3 Å². The van der Waals surface area contributed by atoms with Crippen LogP contribution in [-0.4, -0.2) is 48.7 Å². The van der Waals surface area contributed by atoms with Crippen LogP contribution < -0.4 is 5.32 Å². The summed E-state index contributed by atoms with van der Waals surface area (Å²) in [6, 6.07) is 0. The van der Waals surface area contributed by atoms with Gasteiger partial charge in [0.15, 0.2) is 0 Å². The van der Waals surface area contributed by atoms with Crippen molar-refractivity contribution in [1.82, 2.24) is 10.2 Å². The number of nitrogens with one attached hydrogen (secondary N) is 1. The van der Waals surface area contributed by atoms with E-state index >= 15 is 0 Å². The van der Waals surface area contributed by atoms with E-state index in [2.05, 4.69) is 5.32 Å². The number of hydrogen-bond donors (Lipinski definition) is 2. The van der Waals surface area contributed by atoms with Gasteiger partial charge in [0.2, 0.25) is 5.91 Å². The van der Waals surface area contributed by atoms with Crippen LogP contribution in [0.15, 0.2) is 0 Å². The molecule has 1 fully saturated rings. The van der Waals surface area contributed by atoms with Crippen molar-refractivity contribution in [3.8, 4) is 0 Å². The van der Waals surface area contributed by atoms with Crippen molar-refractivity contribution in [1.29, 1.82) is 0 Å². The van der Waals surface area contributed by atoms with Crippen LogP contribution in [0.1, 0.15) is 13.3 Å². The lowest BCUT2D eigenvalue weighted by molar-refractivity contribution is -0.137. The van der Waals surface area contributed by atoms with Gasteiger partial charge in [0.1, 0.15) is 0 Å². The molecule has 4 heteroatoms. The smallest absolute Gasteiger partial charge is 0.228 e. The monoisotopic (exact) mass is 186 g/mol. The lowest BCUT2D eigenvalue weighted by Gasteiger charge is -2.31. The van der Waals surface area contributed by atoms with Gasteiger partial charge >= 0.3 is 0 Å². The van der Waals surface area contributed by atoms with Crippen molar-refractivity contribution in [2.24, 2.45) is 5.92 Å². The van der Waals surface area contributed by atoms with E-state index in [0.717, 1.165) is 19.6 Å². The molecule has 0 radical (unpaired) electrons. The average molecular weight is 186 g/mol. The van der Waals surface area contributed by atoms with Gasteiger partial charge in [0.05, 0.1) is 5.92 Å². The molecule has 4 nitrogen and oxygen atoms in total. The minimum atomic E-state index is 0.159. The Labute approximate surface area is 78.9 Å². The lowest BCUT2D eigenvalue weighted by atomic mass is 10.0. The summed E-state index contributed by atoms with van der Waals surface area (Å²) in [6.45, 7) is 5.19. The molecular formula is C9H18N2O2. The van der Waals surface area contributed by atoms with Gasteiger partial charge in [-0.1, -0.05) is 0 Å². The van der Waals surface area contributed by atoms with Gasteiger partial charge in [-0.25, -0.2) is 0 Å². The maximum absolute atomic E-state index is 11.7. The van der Waals surface area contributed by atoms with Crippen LogP contribution in [0, 0.1) is 5.92 Å². The van der Waals surface area contributed by atoms with E-state index in [-0.39, 0.29) is 18.4 Å². The molecule has 1 aliphatic rings. The first-order valence-electron chi connectivity index (χ1n) is 4.90. The highest BCUT2D eigenvalue weighted by atomic mass is 16.3. The van der Waals surface area contributed by atoms with E-state index in [0.29, 0.717) is 13.0 Å². The van der Waals surface area contributed by atoms with E-state index in [9.17, 15) is 4.79 Å². The number of aliphatic hydroxyl groups is 1. The zero-order chi connectivity index (χ0) is 9.68. The van der Waals surface area contributed by atoms with Crippen molar-refractivity contribution in [2.75, 3.05) is 32.8 Å². The van der Waals surface area contributed by atoms with Crippen LogP contribution in [0.2, 0.25) is 0 Å². The molecule has 1 aliphatic heterocycles. The van der Waals surface area contributed by atoms with Gasteiger partial charge in [-0.2, -0.15) is 0 Å². The van der Waals surface area contributed by atoms with E-state index in [1.807, 2.05) is 11.8 Å². The summed E-state index contributed by atoms with van der Waals surface area (Å²) in [6.07, 6.45) is 0.680. The normalized spacial score (nSPS) is 16.8. The summed E-state index contributed by atoms with van der Waals surface area (Å²) in [5.74, 6) is 0.411. The van der Waals surface area contributed by atoms with Crippen molar-refractivity contribution in [3.05, 3.63) is 0 Å². The van der Waals surface area contributed by atoms with Crippen molar-refractivity contribution < 1.29 is 9.90 Å². The molecule has 0 bridgehead atoms. The number of carbonyl (C=O) groups is 1. The van der Waals surface area contributed by atoms with Crippen LogP contribution in [0.5, 0.6) is 0 Å². The zero-order valence-corrected chi connectivity index (χ0v) is 8.12. The van der Waals surface area contributed by atoms with Gasteiger partial charge in [0, 0.05) is 32.8 Å². The lowest BCUT2D eigenvalue weighted by Crippen LogP contribution is -2.52. The Hall–Kier alpha value is -0.610. The first-order chi connectivity index (χ1) is 6.29. The molecule has 0 aliphatic carbocycles. The molecule has 0 aromatic heterocycles. The van der Waals surface area contributed by atoms with Gasteiger partial charge in [-0.3, -0.25) is 4.79 Å². The number of amides is 1. The fourth-order valence-electron chi connectivity index (χ4n) is 1.41. The minimum absolute atomic E-state index is 0.159. The molecule has 0 unspecified atom stereocenters. The van der Waals surface area contributed by atoms with Crippen LogP contribution in [0.3, 0.4) is 0 Å². The average Bonchev–Trinajstić information content (AvgIpc) is 2.02. The topological polar surface area (TPSA) is 52.6 Å². The number of carbonyl (C=O) groups excluding carboxylic acids is 1. The molecule has 1 amide bonds. The predicted octanol–water partition coefficient (Wildman–Crippen LogP) is -0.563. The standard InChI is InChI=1S/C9H18N2O2/c1-2-11(4-3-5-12)9(13)8-6-10-7-8/h8,10,12H,2-7H2,1H3. The molecular weight excluding hydrogens is 168 g/mol. The van der Waals surface area contributed by atoms with Crippen LogP contribution in [0.25, 0.3) is 0 Å². The second kappa shape index (κ2) is 5.19. The molecule has 0 saturated carbocycles. The summed E-state index contributed by atoms with van der Waals surface area (Å²) in [5, 5.41) is 11.7. The third kappa shape index (κ3) is 2.67. The van der Waals surface area contributed by atoms with Gasteiger partial charge in [-0.15, -0.1) is 0 Å². The highest BCUT2D eigenvalue weighted by Crippen LogP contribution is 2.08. The van der Waals surface area contributed by atoms with Gasteiger partial charge in [0.25, 0.3) is 0 Å². The number of aliphatic hydroxyl groups excluding tert-OH is 1. The van der Waals surface area contributed by atoms with E-state index in [1.165, 1.54) is 0 Å². The molecule has 13 heavy (non-hydrogen) atoms. The molecule has 1 heterocycles. The Kier molecular flexibility index (Phi) is 4.18. The molecule has 0 atom stereocenters. The van der Waals surface area contributed by atoms with E-state index in [4.69, 9.17) is 5.11 Å². The molecule has 0 aromatic rings. The summed E-state index contributed by atoms with van der Waals surface area (Å²) in [4.78, 5) is 13.5. The van der Waals surface area contributed by atoms with E-state index < -0.39 is 0 Å². The summed E-state index contributed by atoms with van der Waals surface area (Å²) in [5.41, 5.74) is 0. The molecule has 1 rings (SSSR count).